The van der Waals surface area contributed by atoms with E-state index >= 15 is 0 Å². The first-order valence-electron chi connectivity index (χ1n) is 9.93. The number of nitrogens with zero attached hydrogens (tertiary/aromatic N) is 3. The molecule has 1 aliphatic heterocycles. The Bertz CT molecular complexity index is 1150. The summed E-state index contributed by atoms with van der Waals surface area (Å²) in [5, 5.41) is 2.98. The maximum absolute atomic E-state index is 13.9. The van der Waals surface area contributed by atoms with E-state index in [0.717, 1.165) is 15.7 Å². The number of hydrogen-bond donors (Lipinski definition) is 1. The summed E-state index contributed by atoms with van der Waals surface area (Å²) in [7, 11) is 1.82. The van der Waals surface area contributed by atoms with Gasteiger partial charge in [0.05, 0.1) is 5.92 Å². The van der Waals surface area contributed by atoms with Crippen molar-refractivity contribution in [2.24, 2.45) is 13.0 Å². The van der Waals surface area contributed by atoms with E-state index in [1.54, 1.807) is 34.0 Å². The van der Waals surface area contributed by atoms with Crippen LogP contribution in [0.4, 0.5) is 10.1 Å². The number of imidazole rings is 1. The molecule has 1 saturated heterocycles. The standard InChI is InChI=1S/C23H22BrFN4O2/c1-14-10-18(6-7-19(14)24)29-13-16(12-20(29)30)23(31)27-21(22-26-8-9-28(22)2)15-4-3-5-17(25)11-15/h3-11,16,21H,12-13H2,1-2H3,(H,27,31). The number of benzene rings is 2. The molecule has 2 amide bonds. The minimum atomic E-state index is -0.623. The Hall–Kier alpha value is -3.00. The predicted molar refractivity (Wildman–Crippen MR) is 119 cm³/mol. The van der Waals surface area contributed by atoms with Gasteiger partial charge < -0.3 is 14.8 Å². The van der Waals surface area contributed by atoms with Gasteiger partial charge in [-0.05, 0) is 48.4 Å². The summed E-state index contributed by atoms with van der Waals surface area (Å²) in [6.07, 6.45) is 3.52. The van der Waals surface area contributed by atoms with Crippen molar-refractivity contribution in [2.45, 2.75) is 19.4 Å². The number of carbonyl (C=O) groups excluding carboxylic acids is 2. The molecule has 2 unspecified atom stereocenters. The molecule has 2 heterocycles. The SMILES string of the molecule is Cc1cc(N2CC(C(=O)NC(c3cccc(F)c3)c3nccn3C)CC2=O)ccc1Br. The van der Waals surface area contributed by atoms with Gasteiger partial charge in [-0.15, -0.1) is 0 Å². The lowest BCUT2D eigenvalue weighted by molar-refractivity contribution is -0.126. The maximum atomic E-state index is 13.9. The second kappa shape index (κ2) is 8.63. The number of halogens is 2. The molecule has 2 atom stereocenters. The van der Waals surface area contributed by atoms with Crippen LogP contribution in [0.1, 0.15) is 29.4 Å². The van der Waals surface area contributed by atoms with Crippen LogP contribution < -0.4 is 10.2 Å². The third-order valence-electron chi connectivity index (χ3n) is 5.53. The highest BCUT2D eigenvalue weighted by molar-refractivity contribution is 9.10. The van der Waals surface area contributed by atoms with Crippen LogP contribution in [-0.2, 0) is 16.6 Å². The number of nitrogens with one attached hydrogen (secondary N) is 1. The number of anilines is 1. The Morgan fingerprint density at radius 2 is 2.10 bits per heavy atom. The number of carbonyl (C=O) groups is 2. The summed E-state index contributed by atoms with van der Waals surface area (Å²) in [6, 6.07) is 11.1. The minimum Gasteiger partial charge on any atom is -0.342 e. The zero-order valence-electron chi connectivity index (χ0n) is 17.2. The molecule has 0 saturated carbocycles. The molecule has 160 valence electrons. The predicted octanol–water partition coefficient (Wildman–Crippen LogP) is 3.89. The Labute approximate surface area is 188 Å². The quantitative estimate of drug-likeness (QED) is 0.597. The largest absolute Gasteiger partial charge is 0.342 e. The van der Waals surface area contributed by atoms with E-state index in [-0.39, 0.29) is 18.2 Å². The molecule has 0 radical (unpaired) electrons. The molecule has 6 nitrogen and oxygen atoms in total. The number of aryl methyl sites for hydroxylation is 2. The molecule has 1 N–H and O–H groups in total. The molecule has 0 aliphatic carbocycles. The van der Waals surface area contributed by atoms with Gasteiger partial charge in [0.1, 0.15) is 17.7 Å². The molecule has 8 heteroatoms. The van der Waals surface area contributed by atoms with Gasteiger partial charge in [0.15, 0.2) is 0 Å². The molecular weight excluding hydrogens is 463 g/mol. The highest BCUT2D eigenvalue weighted by Crippen LogP contribution is 2.29. The van der Waals surface area contributed by atoms with Crippen LogP contribution in [-0.4, -0.2) is 27.9 Å². The van der Waals surface area contributed by atoms with Crippen molar-refractivity contribution in [3.63, 3.8) is 0 Å². The maximum Gasteiger partial charge on any atom is 0.227 e. The monoisotopic (exact) mass is 484 g/mol. The van der Waals surface area contributed by atoms with E-state index in [4.69, 9.17) is 0 Å². The van der Waals surface area contributed by atoms with E-state index in [1.165, 1.54) is 12.1 Å². The second-order valence-electron chi connectivity index (χ2n) is 7.73. The Morgan fingerprint density at radius 1 is 1.29 bits per heavy atom. The lowest BCUT2D eigenvalue weighted by Crippen LogP contribution is -2.37. The van der Waals surface area contributed by atoms with Crippen LogP contribution >= 0.6 is 15.9 Å². The van der Waals surface area contributed by atoms with Gasteiger partial charge in [0, 0.05) is 42.6 Å². The van der Waals surface area contributed by atoms with Crippen molar-refractivity contribution in [1.82, 2.24) is 14.9 Å². The highest BCUT2D eigenvalue weighted by atomic mass is 79.9. The van der Waals surface area contributed by atoms with Crippen LogP contribution in [0.2, 0.25) is 0 Å². The van der Waals surface area contributed by atoms with Crippen molar-refractivity contribution in [3.05, 3.63) is 82.1 Å². The van der Waals surface area contributed by atoms with Crippen LogP contribution in [0.5, 0.6) is 0 Å². The van der Waals surface area contributed by atoms with Crippen molar-refractivity contribution in [2.75, 3.05) is 11.4 Å². The molecule has 4 rings (SSSR count). The first-order valence-corrected chi connectivity index (χ1v) is 10.7. The number of amides is 2. The fourth-order valence-corrected chi connectivity index (χ4v) is 4.07. The summed E-state index contributed by atoms with van der Waals surface area (Å²) >= 11 is 3.47. The lowest BCUT2D eigenvalue weighted by Gasteiger charge is -2.22. The van der Waals surface area contributed by atoms with Gasteiger partial charge in [-0.3, -0.25) is 9.59 Å². The number of aromatic nitrogens is 2. The van der Waals surface area contributed by atoms with Gasteiger partial charge in [-0.1, -0.05) is 28.1 Å². The van der Waals surface area contributed by atoms with Crippen LogP contribution in [0.25, 0.3) is 0 Å². The van der Waals surface area contributed by atoms with E-state index < -0.39 is 17.8 Å². The normalized spacial score (nSPS) is 17.1. The molecule has 2 aromatic carbocycles. The van der Waals surface area contributed by atoms with E-state index in [9.17, 15) is 14.0 Å². The fourth-order valence-electron chi connectivity index (χ4n) is 3.83. The smallest absolute Gasteiger partial charge is 0.227 e. The second-order valence-corrected chi connectivity index (χ2v) is 8.59. The third-order valence-corrected chi connectivity index (χ3v) is 6.42. The Kier molecular flexibility index (Phi) is 5.91. The highest BCUT2D eigenvalue weighted by Gasteiger charge is 2.36. The summed E-state index contributed by atoms with van der Waals surface area (Å²) < 4.78 is 16.6. The molecule has 3 aromatic rings. The average Bonchev–Trinajstić information content (AvgIpc) is 3.34. The van der Waals surface area contributed by atoms with E-state index in [0.29, 0.717) is 17.9 Å². The molecule has 1 aromatic heterocycles. The molecule has 1 aliphatic rings. The van der Waals surface area contributed by atoms with Crippen molar-refractivity contribution < 1.29 is 14.0 Å². The minimum absolute atomic E-state index is 0.0961. The summed E-state index contributed by atoms with van der Waals surface area (Å²) in [5.74, 6) is -0.668. The number of hydrogen-bond acceptors (Lipinski definition) is 3. The van der Waals surface area contributed by atoms with Gasteiger partial charge in [0.25, 0.3) is 0 Å². The zero-order chi connectivity index (χ0) is 22.1. The first kappa shape index (κ1) is 21.2. The van der Waals surface area contributed by atoms with Crippen LogP contribution in [0, 0.1) is 18.7 Å². The summed E-state index contributed by atoms with van der Waals surface area (Å²) in [6.45, 7) is 2.25. The van der Waals surface area contributed by atoms with Crippen LogP contribution in [0.15, 0.2) is 59.3 Å². The van der Waals surface area contributed by atoms with Gasteiger partial charge in [-0.2, -0.15) is 0 Å². The van der Waals surface area contributed by atoms with E-state index in [2.05, 4.69) is 26.2 Å². The van der Waals surface area contributed by atoms with Crippen molar-refractivity contribution >= 4 is 33.4 Å². The van der Waals surface area contributed by atoms with Crippen molar-refractivity contribution in [3.8, 4) is 0 Å². The van der Waals surface area contributed by atoms with Crippen molar-refractivity contribution in [1.29, 1.82) is 0 Å². The fraction of sp³-hybridized carbons (Fsp3) is 0.261. The molecular formula is C23H22BrFN4O2. The lowest BCUT2D eigenvalue weighted by atomic mass is 10.0. The average molecular weight is 485 g/mol. The van der Waals surface area contributed by atoms with Gasteiger partial charge in [-0.25, -0.2) is 9.37 Å². The number of rotatable bonds is 5. The summed E-state index contributed by atoms with van der Waals surface area (Å²) in [4.78, 5) is 31.8. The summed E-state index contributed by atoms with van der Waals surface area (Å²) in [5.41, 5.74) is 2.37. The molecule has 31 heavy (non-hydrogen) atoms. The molecule has 0 bridgehead atoms. The van der Waals surface area contributed by atoms with Crippen LogP contribution in [0.3, 0.4) is 0 Å². The first-order chi connectivity index (χ1) is 14.8. The molecule has 0 spiro atoms. The van der Waals surface area contributed by atoms with Gasteiger partial charge in [0.2, 0.25) is 11.8 Å². The Balaban J connectivity index is 1.56. The van der Waals surface area contributed by atoms with Gasteiger partial charge >= 0.3 is 0 Å². The topological polar surface area (TPSA) is 67.2 Å². The van der Waals surface area contributed by atoms with E-state index in [1.807, 2.05) is 32.2 Å². The Morgan fingerprint density at radius 3 is 2.77 bits per heavy atom. The molecule has 1 fully saturated rings. The zero-order valence-corrected chi connectivity index (χ0v) is 18.8. The third kappa shape index (κ3) is 4.39.